The monoisotopic (exact) mass is 431 g/mol. The lowest BCUT2D eigenvalue weighted by molar-refractivity contribution is -0.151. The van der Waals surface area contributed by atoms with E-state index in [4.69, 9.17) is 0 Å². The summed E-state index contributed by atoms with van der Waals surface area (Å²) in [6.45, 7) is -0.155. The molecule has 166 valence electrons. The molecule has 2 aliphatic rings. The van der Waals surface area contributed by atoms with E-state index in [1.54, 1.807) is 30.0 Å². The standard InChI is InChI=1S/C26H29N3O3/c1-28(2)25(31)21-9-5-8-20(14-21)17-10-12-18(13-11-17)24-22(15-27)29(23(24)16-30)26(32)19-6-3-4-7-19/h5,8-14,19,22-24,30H,3-4,6-7,16H2,1-2H3/t22-,23+,24-/m0/s1. The van der Waals surface area contributed by atoms with Crippen LogP contribution in [0.3, 0.4) is 0 Å². The van der Waals surface area contributed by atoms with Crippen LogP contribution >= 0.6 is 0 Å². The molecule has 1 N–H and O–H groups in total. The van der Waals surface area contributed by atoms with E-state index in [0.29, 0.717) is 5.56 Å². The van der Waals surface area contributed by atoms with E-state index in [1.165, 1.54) is 0 Å². The van der Waals surface area contributed by atoms with Crippen LogP contribution < -0.4 is 0 Å². The average molecular weight is 432 g/mol. The Labute approximate surface area is 189 Å². The van der Waals surface area contributed by atoms with Crippen molar-refractivity contribution in [3.8, 4) is 17.2 Å². The molecular weight excluding hydrogens is 402 g/mol. The number of nitriles is 1. The van der Waals surface area contributed by atoms with Crippen LogP contribution in [-0.4, -0.2) is 59.5 Å². The highest BCUT2D eigenvalue weighted by Crippen LogP contribution is 2.43. The van der Waals surface area contributed by atoms with E-state index in [2.05, 4.69) is 6.07 Å². The number of aliphatic hydroxyl groups excluding tert-OH is 1. The zero-order valence-electron chi connectivity index (χ0n) is 18.6. The first-order valence-corrected chi connectivity index (χ1v) is 11.2. The molecule has 6 nitrogen and oxygen atoms in total. The third-order valence-corrected chi connectivity index (χ3v) is 6.83. The van der Waals surface area contributed by atoms with Gasteiger partial charge in [-0.1, -0.05) is 49.2 Å². The molecule has 0 unspecified atom stereocenters. The Hall–Kier alpha value is -3.17. The molecule has 6 heteroatoms. The van der Waals surface area contributed by atoms with Crippen LogP contribution in [0.15, 0.2) is 48.5 Å². The van der Waals surface area contributed by atoms with Gasteiger partial charge in [0.25, 0.3) is 5.91 Å². The number of carbonyl (C=O) groups excluding carboxylic acids is 2. The van der Waals surface area contributed by atoms with Crippen LogP contribution in [0.5, 0.6) is 0 Å². The van der Waals surface area contributed by atoms with Gasteiger partial charge in [-0.2, -0.15) is 5.26 Å². The summed E-state index contributed by atoms with van der Waals surface area (Å²) < 4.78 is 0. The van der Waals surface area contributed by atoms with Gasteiger partial charge >= 0.3 is 0 Å². The molecular formula is C26H29N3O3. The molecule has 2 fully saturated rings. The van der Waals surface area contributed by atoms with Crippen molar-refractivity contribution in [2.24, 2.45) is 5.92 Å². The smallest absolute Gasteiger partial charge is 0.253 e. The second-order valence-electron chi connectivity index (χ2n) is 8.98. The second kappa shape index (κ2) is 9.13. The van der Waals surface area contributed by atoms with Crippen LogP contribution in [0.2, 0.25) is 0 Å². The topological polar surface area (TPSA) is 84.6 Å². The molecule has 1 saturated carbocycles. The molecule has 3 atom stereocenters. The van der Waals surface area contributed by atoms with Gasteiger partial charge in [0, 0.05) is 31.5 Å². The lowest BCUT2D eigenvalue weighted by Gasteiger charge is -2.52. The Morgan fingerprint density at radius 2 is 1.78 bits per heavy atom. The number of likely N-dealkylation sites (tertiary alicyclic amines) is 1. The molecule has 2 aromatic carbocycles. The second-order valence-corrected chi connectivity index (χ2v) is 8.98. The molecule has 1 aliphatic heterocycles. The summed E-state index contributed by atoms with van der Waals surface area (Å²) in [5.41, 5.74) is 3.47. The highest BCUT2D eigenvalue weighted by Gasteiger charge is 2.52. The average Bonchev–Trinajstić information content (AvgIpc) is 3.34. The first kappa shape index (κ1) is 22.0. The van der Waals surface area contributed by atoms with Crippen molar-refractivity contribution in [1.29, 1.82) is 5.26 Å². The molecule has 1 saturated heterocycles. The van der Waals surface area contributed by atoms with E-state index in [9.17, 15) is 20.0 Å². The maximum absolute atomic E-state index is 12.9. The highest BCUT2D eigenvalue weighted by molar-refractivity contribution is 5.95. The number of rotatable bonds is 5. The van der Waals surface area contributed by atoms with Crippen molar-refractivity contribution in [3.63, 3.8) is 0 Å². The lowest BCUT2D eigenvalue weighted by atomic mass is 9.74. The Bertz CT molecular complexity index is 1040. The molecule has 2 amide bonds. The fourth-order valence-corrected chi connectivity index (χ4v) is 5.08. The van der Waals surface area contributed by atoms with Gasteiger partial charge in [-0.25, -0.2) is 0 Å². The van der Waals surface area contributed by atoms with Crippen molar-refractivity contribution in [2.75, 3.05) is 20.7 Å². The van der Waals surface area contributed by atoms with E-state index in [-0.39, 0.29) is 36.3 Å². The normalized spacial score (nSPS) is 22.8. The van der Waals surface area contributed by atoms with Gasteiger partial charge in [0.1, 0.15) is 6.04 Å². The Morgan fingerprint density at radius 3 is 2.38 bits per heavy atom. The first-order chi connectivity index (χ1) is 15.5. The largest absolute Gasteiger partial charge is 0.394 e. The number of amides is 2. The maximum atomic E-state index is 12.9. The fourth-order valence-electron chi connectivity index (χ4n) is 5.08. The zero-order valence-corrected chi connectivity index (χ0v) is 18.6. The minimum atomic E-state index is -0.549. The third-order valence-electron chi connectivity index (χ3n) is 6.83. The molecule has 0 bridgehead atoms. The molecule has 2 aromatic rings. The summed E-state index contributed by atoms with van der Waals surface area (Å²) in [7, 11) is 3.46. The van der Waals surface area contributed by atoms with Crippen LogP contribution in [0, 0.1) is 17.2 Å². The first-order valence-electron chi connectivity index (χ1n) is 11.2. The molecule has 32 heavy (non-hydrogen) atoms. The Balaban J connectivity index is 1.55. The Kier molecular flexibility index (Phi) is 6.29. The number of carbonyl (C=O) groups is 2. The summed E-state index contributed by atoms with van der Waals surface area (Å²) in [5.74, 6) is -0.248. The van der Waals surface area contributed by atoms with Gasteiger partial charge in [-0.05, 0) is 41.7 Å². The number of hydrogen-bond acceptors (Lipinski definition) is 4. The highest BCUT2D eigenvalue weighted by atomic mass is 16.3. The van der Waals surface area contributed by atoms with Crippen molar-refractivity contribution in [2.45, 2.75) is 43.7 Å². The summed E-state index contributed by atoms with van der Waals surface area (Å²) in [5, 5.41) is 19.8. The summed E-state index contributed by atoms with van der Waals surface area (Å²) in [6, 6.07) is 16.8. The van der Waals surface area contributed by atoms with Crippen LogP contribution in [-0.2, 0) is 4.79 Å². The summed E-state index contributed by atoms with van der Waals surface area (Å²) in [6.07, 6.45) is 3.86. The van der Waals surface area contributed by atoms with Crippen LogP contribution in [0.25, 0.3) is 11.1 Å². The molecule has 4 rings (SSSR count). The molecule has 0 aromatic heterocycles. The van der Waals surface area contributed by atoms with E-state index >= 15 is 0 Å². The summed E-state index contributed by atoms with van der Waals surface area (Å²) in [4.78, 5) is 28.4. The number of benzene rings is 2. The third kappa shape index (κ3) is 3.89. The van der Waals surface area contributed by atoms with Crippen molar-refractivity contribution >= 4 is 11.8 Å². The van der Waals surface area contributed by atoms with Crippen molar-refractivity contribution < 1.29 is 14.7 Å². The fraction of sp³-hybridized carbons (Fsp3) is 0.423. The van der Waals surface area contributed by atoms with Crippen LogP contribution in [0.1, 0.15) is 47.5 Å². The quantitative estimate of drug-likeness (QED) is 0.786. The van der Waals surface area contributed by atoms with Gasteiger partial charge in [-0.15, -0.1) is 0 Å². The molecule has 1 heterocycles. The van der Waals surface area contributed by atoms with E-state index in [1.807, 2.05) is 42.5 Å². The van der Waals surface area contributed by atoms with E-state index < -0.39 is 6.04 Å². The molecule has 0 spiro atoms. The number of nitrogens with zero attached hydrogens (tertiary/aromatic N) is 3. The van der Waals surface area contributed by atoms with Gasteiger partial charge < -0.3 is 14.9 Å². The van der Waals surface area contributed by atoms with Gasteiger partial charge in [0.05, 0.1) is 18.7 Å². The SMILES string of the molecule is CN(C)C(=O)c1cccc(-c2ccc([C@@H]3[C@@H](CO)N(C(=O)C4CCCC4)[C@H]3C#N)cc2)c1. The number of hydrogen-bond donors (Lipinski definition) is 1. The van der Waals surface area contributed by atoms with Crippen molar-refractivity contribution in [1.82, 2.24) is 9.80 Å². The number of aliphatic hydroxyl groups is 1. The van der Waals surface area contributed by atoms with Crippen molar-refractivity contribution in [3.05, 3.63) is 59.7 Å². The van der Waals surface area contributed by atoms with Gasteiger partial charge in [-0.3, -0.25) is 9.59 Å². The van der Waals surface area contributed by atoms with Crippen LogP contribution in [0.4, 0.5) is 0 Å². The van der Waals surface area contributed by atoms with Gasteiger partial charge in [0.15, 0.2) is 0 Å². The molecule has 0 radical (unpaired) electrons. The molecule has 1 aliphatic carbocycles. The zero-order chi connectivity index (χ0) is 22.8. The summed E-state index contributed by atoms with van der Waals surface area (Å²) >= 11 is 0. The minimum Gasteiger partial charge on any atom is -0.394 e. The lowest BCUT2D eigenvalue weighted by Crippen LogP contribution is -2.66. The van der Waals surface area contributed by atoms with E-state index in [0.717, 1.165) is 42.4 Å². The maximum Gasteiger partial charge on any atom is 0.253 e. The minimum absolute atomic E-state index is 0.0135. The predicted octanol–water partition coefficient (Wildman–Crippen LogP) is 3.42. The predicted molar refractivity (Wildman–Crippen MR) is 122 cm³/mol. The Morgan fingerprint density at radius 1 is 1.09 bits per heavy atom. The van der Waals surface area contributed by atoms with Gasteiger partial charge in [0.2, 0.25) is 5.91 Å².